The summed E-state index contributed by atoms with van der Waals surface area (Å²) in [6.45, 7) is 3.82. The largest absolute Gasteiger partial charge is 0.508 e. The molecule has 0 radical (unpaired) electrons. The lowest BCUT2D eigenvalue weighted by molar-refractivity contribution is -0.153. The molecule has 0 aromatic heterocycles. The molecule has 2 saturated carbocycles. The summed E-state index contributed by atoms with van der Waals surface area (Å²) in [7, 11) is 0. The monoisotopic (exact) mass is 476 g/mol. The second-order valence-corrected chi connectivity index (χ2v) is 10.3. The molecule has 182 valence electrons. The van der Waals surface area contributed by atoms with Crippen LogP contribution in [0.4, 0.5) is 0 Å². The standard InChI is InChI=1S/C25H36N2O5S/c1-16(2)21(33)22(29)27-25(13-5-6-14-25)24(31)26-20(15-17-9-11-18(28)12-10-17)23(30)32-19-7-3-4-8-19/h9-12,16,19-21,28,33H,3-8,13-15H2,1-2H3,(H,26,31)(H,27,29)/t20-,21-/m0/s1. The average molecular weight is 477 g/mol. The molecule has 1 aromatic rings. The quantitative estimate of drug-likeness (QED) is 0.323. The van der Waals surface area contributed by atoms with Gasteiger partial charge in [0.2, 0.25) is 11.8 Å². The minimum Gasteiger partial charge on any atom is -0.508 e. The number of phenols is 1. The number of rotatable bonds is 9. The third-order valence-corrected chi connectivity index (χ3v) is 7.54. The normalized spacial score (nSPS) is 19.8. The average Bonchev–Trinajstić information content (AvgIpc) is 3.47. The van der Waals surface area contributed by atoms with Crippen LogP contribution in [0.5, 0.6) is 5.75 Å². The smallest absolute Gasteiger partial charge is 0.329 e. The highest BCUT2D eigenvalue weighted by Crippen LogP contribution is 2.31. The van der Waals surface area contributed by atoms with Crippen molar-refractivity contribution in [3.8, 4) is 5.75 Å². The number of hydrogen-bond acceptors (Lipinski definition) is 6. The summed E-state index contributed by atoms with van der Waals surface area (Å²) in [6.07, 6.45) is 6.54. The highest BCUT2D eigenvalue weighted by atomic mass is 32.1. The second kappa shape index (κ2) is 11.3. The van der Waals surface area contributed by atoms with Gasteiger partial charge < -0.3 is 20.5 Å². The molecule has 3 rings (SSSR count). The lowest BCUT2D eigenvalue weighted by Crippen LogP contribution is -2.61. The minimum absolute atomic E-state index is 0.0264. The first-order valence-corrected chi connectivity index (χ1v) is 12.5. The van der Waals surface area contributed by atoms with Crippen LogP contribution in [0.3, 0.4) is 0 Å². The molecule has 0 aliphatic heterocycles. The fourth-order valence-electron chi connectivity index (χ4n) is 4.61. The number of nitrogens with one attached hydrogen (secondary N) is 2. The van der Waals surface area contributed by atoms with E-state index in [-0.39, 0.29) is 36.0 Å². The Hall–Kier alpha value is -2.22. The van der Waals surface area contributed by atoms with Crippen LogP contribution in [0.25, 0.3) is 0 Å². The second-order valence-electron chi connectivity index (χ2n) is 9.71. The van der Waals surface area contributed by atoms with Gasteiger partial charge in [-0.3, -0.25) is 9.59 Å². The highest BCUT2D eigenvalue weighted by molar-refractivity contribution is 7.81. The van der Waals surface area contributed by atoms with Crippen LogP contribution in [0.1, 0.15) is 70.8 Å². The van der Waals surface area contributed by atoms with Crippen molar-refractivity contribution in [1.29, 1.82) is 0 Å². The van der Waals surface area contributed by atoms with Crippen LogP contribution >= 0.6 is 12.6 Å². The van der Waals surface area contributed by atoms with Crippen molar-refractivity contribution in [2.45, 2.75) is 94.6 Å². The van der Waals surface area contributed by atoms with Gasteiger partial charge in [0.1, 0.15) is 23.4 Å². The van der Waals surface area contributed by atoms with Crippen molar-refractivity contribution >= 4 is 30.4 Å². The number of aromatic hydroxyl groups is 1. The van der Waals surface area contributed by atoms with E-state index in [4.69, 9.17) is 4.74 Å². The van der Waals surface area contributed by atoms with Gasteiger partial charge in [0, 0.05) is 6.42 Å². The molecule has 0 spiro atoms. The van der Waals surface area contributed by atoms with E-state index in [0.717, 1.165) is 44.1 Å². The van der Waals surface area contributed by atoms with Crippen molar-refractivity contribution in [2.24, 2.45) is 5.92 Å². The van der Waals surface area contributed by atoms with E-state index in [1.165, 1.54) is 0 Å². The first-order valence-electron chi connectivity index (χ1n) is 12.0. The first-order chi connectivity index (χ1) is 15.7. The van der Waals surface area contributed by atoms with Crippen molar-refractivity contribution in [2.75, 3.05) is 0 Å². The molecule has 33 heavy (non-hydrogen) atoms. The molecule has 0 unspecified atom stereocenters. The summed E-state index contributed by atoms with van der Waals surface area (Å²) in [6, 6.07) is 5.66. The van der Waals surface area contributed by atoms with E-state index in [1.807, 2.05) is 13.8 Å². The highest BCUT2D eigenvalue weighted by Gasteiger charge is 2.44. The Morgan fingerprint density at radius 2 is 1.70 bits per heavy atom. The van der Waals surface area contributed by atoms with Crippen molar-refractivity contribution < 1.29 is 24.2 Å². The first kappa shape index (κ1) is 25.4. The Bertz CT molecular complexity index is 830. The van der Waals surface area contributed by atoms with Gasteiger partial charge in [0.15, 0.2) is 0 Å². The molecular weight excluding hydrogens is 440 g/mol. The maximum Gasteiger partial charge on any atom is 0.329 e. The Morgan fingerprint density at radius 1 is 1.09 bits per heavy atom. The van der Waals surface area contributed by atoms with E-state index in [0.29, 0.717) is 12.8 Å². The van der Waals surface area contributed by atoms with Gasteiger partial charge in [0.25, 0.3) is 0 Å². The third kappa shape index (κ3) is 6.65. The topological polar surface area (TPSA) is 105 Å². The molecule has 1 aromatic carbocycles. The van der Waals surface area contributed by atoms with Gasteiger partial charge in [-0.2, -0.15) is 12.6 Å². The Labute approximate surface area is 201 Å². The number of phenolic OH excluding ortho intramolecular Hbond substituents is 1. The SMILES string of the molecule is CC(C)[C@H](S)C(=O)NC1(C(=O)N[C@@H](Cc2ccc(O)cc2)C(=O)OC2CCCC2)CCCC1. The number of thiol groups is 1. The zero-order valence-corrected chi connectivity index (χ0v) is 20.4. The molecule has 2 atom stereocenters. The summed E-state index contributed by atoms with van der Waals surface area (Å²) in [5.41, 5.74) is -0.255. The van der Waals surface area contributed by atoms with Crippen LogP contribution in [0.2, 0.25) is 0 Å². The molecule has 2 amide bonds. The summed E-state index contributed by atoms with van der Waals surface area (Å²) < 4.78 is 5.71. The van der Waals surface area contributed by atoms with Crippen molar-refractivity contribution in [1.82, 2.24) is 10.6 Å². The van der Waals surface area contributed by atoms with Gasteiger partial charge in [-0.15, -0.1) is 0 Å². The third-order valence-electron chi connectivity index (χ3n) is 6.71. The van der Waals surface area contributed by atoms with Crippen LogP contribution in [-0.2, 0) is 25.5 Å². The lowest BCUT2D eigenvalue weighted by Gasteiger charge is -2.32. The number of carbonyl (C=O) groups excluding carboxylic acids is 3. The number of hydrogen-bond donors (Lipinski definition) is 4. The lowest BCUT2D eigenvalue weighted by atomic mass is 9.94. The van der Waals surface area contributed by atoms with E-state index in [1.54, 1.807) is 24.3 Å². The summed E-state index contributed by atoms with van der Waals surface area (Å²) in [4.78, 5) is 39.3. The van der Waals surface area contributed by atoms with E-state index >= 15 is 0 Å². The van der Waals surface area contributed by atoms with E-state index in [2.05, 4.69) is 23.3 Å². The predicted octanol–water partition coefficient (Wildman–Crippen LogP) is 3.29. The Morgan fingerprint density at radius 3 is 2.27 bits per heavy atom. The van der Waals surface area contributed by atoms with Crippen LogP contribution in [0, 0.1) is 5.92 Å². The summed E-state index contributed by atoms with van der Waals surface area (Å²) >= 11 is 4.40. The van der Waals surface area contributed by atoms with Crippen molar-refractivity contribution in [3.63, 3.8) is 0 Å². The summed E-state index contributed by atoms with van der Waals surface area (Å²) in [5, 5.41) is 14.9. The fourth-order valence-corrected chi connectivity index (χ4v) is 4.67. The van der Waals surface area contributed by atoms with Gasteiger partial charge in [-0.1, -0.05) is 38.8 Å². The molecular formula is C25H36N2O5S. The molecule has 0 saturated heterocycles. The molecule has 3 N–H and O–H groups in total. The predicted molar refractivity (Wildman–Crippen MR) is 129 cm³/mol. The van der Waals surface area contributed by atoms with Gasteiger partial charge in [-0.05, 0) is 62.1 Å². The Kier molecular flexibility index (Phi) is 8.68. The molecule has 2 fully saturated rings. The molecule has 2 aliphatic rings. The minimum atomic E-state index is -1.05. The van der Waals surface area contributed by atoms with Crippen molar-refractivity contribution in [3.05, 3.63) is 29.8 Å². The van der Waals surface area contributed by atoms with Gasteiger partial charge in [0.05, 0.1) is 5.25 Å². The summed E-state index contributed by atoms with van der Waals surface area (Å²) in [5.74, 6) is -0.929. The number of carbonyl (C=O) groups is 3. The molecule has 2 aliphatic carbocycles. The zero-order valence-electron chi connectivity index (χ0n) is 19.5. The molecule has 7 nitrogen and oxygen atoms in total. The van der Waals surface area contributed by atoms with Crippen LogP contribution in [0.15, 0.2) is 24.3 Å². The van der Waals surface area contributed by atoms with E-state index < -0.39 is 22.8 Å². The maximum absolute atomic E-state index is 13.5. The molecule has 0 bridgehead atoms. The van der Waals surface area contributed by atoms with Gasteiger partial charge in [-0.25, -0.2) is 4.79 Å². The number of esters is 1. The molecule has 0 heterocycles. The van der Waals surface area contributed by atoms with Gasteiger partial charge >= 0.3 is 5.97 Å². The number of ether oxygens (including phenoxy) is 1. The fraction of sp³-hybridized carbons (Fsp3) is 0.640. The number of amides is 2. The van der Waals surface area contributed by atoms with Crippen LogP contribution in [-0.4, -0.2) is 45.8 Å². The van der Waals surface area contributed by atoms with E-state index in [9.17, 15) is 19.5 Å². The van der Waals surface area contributed by atoms with Crippen LogP contribution < -0.4 is 10.6 Å². The number of benzene rings is 1. The zero-order chi connectivity index (χ0) is 24.0. The molecule has 8 heteroatoms. The maximum atomic E-state index is 13.5. The Balaban J connectivity index is 1.76.